The molecule has 1 aliphatic carbocycles. The zero-order valence-electron chi connectivity index (χ0n) is 10.2. The van der Waals surface area contributed by atoms with Crippen LogP contribution in [0.25, 0.3) is 10.4 Å². The van der Waals surface area contributed by atoms with Crippen LogP contribution in [0.5, 0.6) is 0 Å². The standard InChI is InChI=1S/C11H20N4O2/c1-9-5-2-3-6-11(9,10(16)17)13-7-4-8-14-15-12/h9,13H,2-8H2,1H3,(H,16,17). The van der Waals surface area contributed by atoms with E-state index in [1.165, 1.54) is 0 Å². The number of aliphatic carboxylic acids is 1. The molecule has 2 unspecified atom stereocenters. The molecule has 1 aliphatic rings. The molecule has 0 spiro atoms. The molecule has 0 aromatic rings. The van der Waals surface area contributed by atoms with Gasteiger partial charge in [0.25, 0.3) is 0 Å². The van der Waals surface area contributed by atoms with Gasteiger partial charge in [-0.15, -0.1) is 0 Å². The Morgan fingerprint density at radius 1 is 1.65 bits per heavy atom. The Labute approximate surface area is 101 Å². The highest BCUT2D eigenvalue weighted by Gasteiger charge is 2.44. The third kappa shape index (κ3) is 3.35. The average Bonchev–Trinajstić information content (AvgIpc) is 2.31. The van der Waals surface area contributed by atoms with Crippen LogP contribution in [-0.2, 0) is 4.79 Å². The summed E-state index contributed by atoms with van der Waals surface area (Å²) in [7, 11) is 0. The molecular weight excluding hydrogens is 220 g/mol. The molecule has 1 saturated carbocycles. The Morgan fingerprint density at radius 2 is 2.41 bits per heavy atom. The second kappa shape index (κ2) is 6.47. The fourth-order valence-electron chi connectivity index (χ4n) is 2.51. The van der Waals surface area contributed by atoms with Gasteiger partial charge in [-0.3, -0.25) is 4.79 Å². The number of carbonyl (C=O) groups is 1. The Kier molecular flexibility index (Phi) is 5.25. The number of azide groups is 1. The highest BCUT2D eigenvalue weighted by atomic mass is 16.4. The molecule has 0 aromatic carbocycles. The SMILES string of the molecule is CC1CCCCC1(NCCCN=[N+]=[N-])C(=O)O. The molecule has 96 valence electrons. The molecule has 0 radical (unpaired) electrons. The molecule has 0 bridgehead atoms. The lowest BCUT2D eigenvalue weighted by atomic mass is 9.73. The first kappa shape index (κ1) is 13.8. The normalized spacial score (nSPS) is 28.4. The number of rotatable bonds is 6. The van der Waals surface area contributed by atoms with Gasteiger partial charge in [0.15, 0.2) is 0 Å². The van der Waals surface area contributed by atoms with Gasteiger partial charge in [0.05, 0.1) is 0 Å². The van der Waals surface area contributed by atoms with Gasteiger partial charge >= 0.3 is 5.97 Å². The van der Waals surface area contributed by atoms with Crippen LogP contribution in [0.2, 0.25) is 0 Å². The first-order valence-electron chi connectivity index (χ1n) is 6.13. The molecule has 0 amide bonds. The van der Waals surface area contributed by atoms with Crippen molar-refractivity contribution in [1.29, 1.82) is 0 Å². The van der Waals surface area contributed by atoms with Gasteiger partial charge in [-0.05, 0) is 37.3 Å². The molecule has 0 aliphatic heterocycles. The third-order valence-corrected chi connectivity index (χ3v) is 3.62. The van der Waals surface area contributed by atoms with Crippen molar-refractivity contribution < 1.29 is 9.90 Å². The number of nitrogens with zero attached hydrogens (tertiary/aromatic N) is 3. The van der Waals surface area contributed by atoms with Crippen molar-refractivity contribution in [1.82, 2.24) is 5.32 Å². The number of hydrogen-bond donors (Lipinski definition) is 2. The maximum atomic E-state index is 11.5. The minimum atomic E-state index is -0.783. The van der Waals surface area contributed by atoms with Crippen molar-refractivity contribution >= 4 is 5.97 Å². The maximum Gasteiger partial charge on any atom is 0.324 e. The Hall–Kier alpha value is -1.26. The molecule has 2 atom stereocenters. The maximum absolute atomic E-state index is 11.5. The van der Waals surface area contributed by atoms with Gasteiger partial charge in [-0.25, -0.2) is 0 Å². The summed E-state index contributed by atoms with van der Waals surface area (Å²) >= 11 is 0. The Morgan fingerprint density at radius 3 is 3.00 bits per heavy atom. The number of hydrogen-bond acceptors (Lipinski definition) is 3. The quantitative estimate of drug-likeness (QED) is 0.322. The number of carboxylic acids is 1. The highest BCUT2D eigenvalue weighted by Crippen LogP contribution is 2.33. The molecule has 0 saturated heterocycles. The van der Waals surface area contributed by atoms with Crippen LogP contribution in [0, 0.1) is 5.92 Å². The minimum Gasteiger partial charge on any atom is -0.480 e. The van der Waals surface area contributed by atoms with E-state index in [1.54, 1.807) is 0 Å². The summed E-state index contributed by atoms with van der Waals surface area (Å²) in [5.74, 6) is -0.610. The summed E-state index contributed by atoms with van der Waals surface area (Å²) in [6.45, 7) is 2.98. The average molecular weight is 240 g/mol. The fraction of sp³-hybridized carbons (Fsp3) is 0.909. The van der Waals surface area contributed by atoms with E-state index in [2.05, 4.69) is 15.3 Å². The first-order chi connectivity index (χ1) is 8.13. The van der Waals surface area contributed by atoms with E-state index in [0.717, 1.165) is 19.3 Å². The predicted molar refractivity (Wildman–Crippen MR) is 64.6 cm³/mol. The van der Waals surface area contributed by atoms with Crippen LogP contribution in [-0.4, -0.2) is 29.7 Å². The molecular formula is C11H20N4O2. The number of nitrogens with one attached hydrogen (secondary N) is 1. The zero-order chi connectivity index (χ0) is 12.7. The van der Waals surface area contributed by atoms with Crippen LogP contribution in [0.4, 0.5) is 0 Å². The lowest BCUT2D eigenvalue weighted by Gasteiger charge is -2.39. The highest BCUT2D eigenvalue weighted by molar-refractivity contribution is 5.79. The lowest BCUT2D eigenvalue weighted by molar-refractivity contribution is -0.149. The van der Waals surface area contributed by atoms with Crippen LogP contribution < -0.4 is 5.32 Å². The zero-order valence-corrected chi connectivity index (χ0v) is 10.2. The van der Waals surface area contributed by atoms with Crippen molar-refractivity contribution in [3.63, 3.8) is 0 Å². The monoisotopic (exact) mass is 240 g/mol. The van der Waals surface area contributed by atoms with E-state index in [0.29, 0.717) is 25.9 Å². The van der Waals surface area contributed by atoms with Crippen LogP contribution in [0.1, 0.15) is 39.0 Å². The van der Waals surface area contributed by atoms with Gasteiger partial charge in [0.1, 0.15) is 5.54 Å². The molecule has 6 nitrogen and oxygen atoms in total. The third-order valence-electron chi connectivity index (χ3n) is 3.62. The summed E-state index contributed by atoms with van der Waals surface area (Å²) in [6, 6.07) is 0. The van der Waals surface area contributed by atoms with Crippen molar-refractivity contribution in [2.45, 2.75) is 44.6 Å². The second-order valence-corrected chi connectivity index (χ2v) is 4.66. The fourth-order valence-corrected chi connectivity index (χ4v) is 2.51. The van der Waals surface area contributed by atoms with Crippen molar-refractivity contribution in [3.8, 4) is 0 Å². The summed E-state index contributed by atoms with van der Waals surface area (Å²) < 4.78 is 0. The summed E-state index contributed by atoms with van der Waals surface area (Å²) in [6.07, 6.45) is 4.38. The first-order valence-corrected chi connectivity index (χ1v) is 6.13. The van der Waals surface area contributed by atoms with Gasteiger partial charge in [-0.2, -0.15) is 0 Å². The second-order valence-electron chi connectivity index (χ2n) is 4.66. The lowest BCUT2D eigenvalue weighted by Crippen LogP contribution is -2.58. The van der Waals surface area contributed by atoms with E-state index in [1.807, 2.05) is 6.92 Å². The largest absolute Gasteiger partial charge is 0.480 e. The molecule has 6 heteroatoms. The van der Waals surface area contributed by atoms with Crippen molar-refractivity contribution in [3.05, 3.63) is 10.4 Å². The summed E-state index contributed by atoms with van der Waals surface area (Å²) in [4.78, 5) is 14.1. The van der Waals surface area contributed by atoms with E-state index in [9.17, 15) is 9.90 Å². The van der Waals surface area contributed by atoms with Crippen molar-refractivity contribution in [2.75, 3.05) is 13.1 Å². The van der Waals surface area contributed by atoms with Gasteiger partial charge in [-0.1, -0.05) is 24.9 Å². The molecule has 2 N–H and O–H groups in total. The van der Waals surface area contributed by atoms with E-state index in [-0.39, 0.29) is 5.92 Å². The minimum absolute atomic E-state index is 0.146. The van der Waals surface area contributed by atoms with Crippen LogP contribution in [0.15, 0.2) is 5.11 Å². The van der Waals surface area contributed by atoms with E-state index >= 15 is 0 Å². The van der Waals surface area contributed by atoms with Gasteiger partial charge in [0, 0.05) is 11.5 Å². The molecule has 0 aromatic heterocycles. The van der Waals surface area contributed by atoms with E-state index < -0.39 is 11.5 Å². The van der Waals surface area contributed by atoms with Gasteiger partial charge < -0.3 is 10.4 Å². The van der Waals surface area contributed by atoms with Crippen molar-refractivity contribution in [2.24, 2.45) is 11.0 Å². The molecule has 1 rings (SSSR count). The smallest absolute Gasteiger partial charge is 0.324 e. The topological polar surface area (TPSA) is 98.1 Å². The molecule has 0 heterocycles. The Balaban J connectivity index is 2.53. The molecule has 17 heavy (non-hydrogen) atoms. The molecule has 1 fully saturated rings. The van der Waals surface area contributed by atoms with Gasteiger partial charge in [0.2, 0.25) is 0 Å². The van der Waals surface area contributed by atoms with Crippen LogP contribution >= 0.6 is 0 Å². The van der Waals surface area contributed by atoms with Crippen LogP contribution in [0.3, 0.4) is 0 Å². The summed E-state index contributed by atoms with van der Waals surface area (Å²) in [5.41, 5.74) is 7.36. The van der Waals surface area contributed by atoms with E-state index in [4.69, 9.17) is 5.53 Å². The Bertz CT molecular complexity index is 315. The predicted octanol–water partition coefficient (Wildman–Crippen LogP) is 2.31. The summed E-state index contributed by atoms with van der Waals surface area (Å²) in [5, 5.41) is 16.0. The number of carboxylic acid groups (broad SMARTS) is 1.